The number of benzene rings is 1. The average Bonchev–Trinajstić information content (AvgIpc) is 2.98. The van der Waals surface area contributed by atoms with Crippen molar-refractivity contribution in [2.75, 3.05) is 50.0 Å². The van der Waals surface area contributed by atoms with Crippen molar-refractivity contribution in [1.29, 1.82) is 5.26 Å². The fraction of sp³-hybridized carbons (Fsp3) is 0.656. The molecule has 220 valence electrons. The number of nitrogens with one attached hydrogen (secondary N) is 3. The third-order valence-electron chi connectivity index (χ3n) is 10.3. The van der Waals surface area contributed by atoms with Gasteiger partial charge in [-0.2, -0.15) is 10.2 Å². The van der Waals surface area contributed by atoms with Crippen LogP contribution in [-0.4, -0.2) is 60.3 Å². The maximum Gasteiger partial charge on any atom is 0.224 e. The maximum atomic E-state index is 12.5. The minimum Gasteiger partial charge on any atom is -0.368 e. The molecule has 1 saturated heterocycles. The van der Waals surface area contributed by atoms with E-state index in [2.05, 4.69) is 36.9 Å². The lowest BCUT2D eigenvalue weighted by atomic mass is 9.48. The fourth-order valence-electron chi connectivity index (χ4n) is 8.51. The van der Waals surface area contributed by atoms with Gasteiger partial charge in [0.05, 0.1) is 12.9 Å². The van der Waals surface area contributed by atoms with E-state index < -0.39 is 0 Å². The Kier molecular flexibility index (Phi) is 8.95. The molecule has 7 nitrogen and oxygen atoms in total. The van der Waals surface area contributed by atoms with E-state index >= 15 is 0 Å². The number of anilines is 2. The van der Waals surface area contributed by atoms with E-state index in [4.69, 9.17) is 11.6 Å². The quantitative estimate of drug-likeness (QED) is 0.289. The minimum absolute atomic E-state index is 0.203. The first kappa shape index (κ1) is 28.6. The molecule has 5 atom stereocenters. The number of rotatable bonds is 12. The first-order valence-corrected chi connectivity index (χ1v) is 15.9. The van der Waals surface area contributed by atoms with E-state index in [1.54, 1.807) is 6.20 Å². The Balaban J connectivity index is 1.04. The summed E-state index contributed by atoms with van der Waals surface area (Å²) in [6.07, 6.45) is 11.2. The Morgan fingerprint density at radius 3 is 2.61 bits per heavy atom. The highest BCUT2D eigenvalue weighted by Gasteiger charge is 2.55. The molecule has 0 amide bonds. The molecular weight excluding hydrogens is 537 g/mol. The van der Waals surface area contributed by atoms with Crippen LogP contribution in [0.25, 0.3) is 0 Å². The SMILES string of the molecule is N#Cc1cnc(NCc2ccccc2Cl)nc1NC[C@]12CC3C[C@H](C1)[C@@H](NCC1CCN(CCCF)CC1)[C@@H](C3)C2. The van der Waals surface area contributed by atoms with Gasteiger partial charge in [-0.05, 0) is 112 Å². The zero-order valence-corrected chi connectivity index (χ0v) is 24.7. The van der Waals surface area contributed by atoms with Crippen LogP contribution in [0.5, 0.6) is 0 Å². The number of aromatic nitrogens is 2. The topological polar surface area (TPSA) is 88.9 Å². The second-order valence-electron chi connectivity index (χ2n) is 13.1. The minimum atomic E-state index is -0.203. The van der Waals surface area contributed by atoms with Crippen molar-refractivity contribution in [3.8, 4) is 6.07 Å². The van der Waals surface area contributed by atoms with Crippen LogP contribution in [0.4, 0.5) is 16.2 Å². The van der Waals surface area contributed by atoms with Gasteiger partial charge in [0.15, 0.2) is 0 Å². The third-order valence-corrected chi connectivity index (χ3v) is 10.7. The molecule has 0 radical (unpaired) electrons. The number of hydrogen-bond donors (Lipinski definition) is 3. The molecular formula is C32H43ClFN7. The normalized spacial score (nSPS) is 29.4. The van der Waals surface area contributed by atoms with E-state index in [-0.39, 0.29) is 12.1 Å². The molecule has 5 aliphatic rings. The Hall–Kier alpha value is -2.47. The highest BCUT2D eigenvalue weighted by Crippen LogP contribution is 2.60. The average molecular weight is 580 g/mol. The van der Waals surface area contributed by atoms with Gasteiger partial charge in [0.2, 0.25) is 5.95 Å². The van der Waals surface area contributed by atoms with Crippen molar-refractivity contribution in [1.82, 2.24) is 20.2 Å². The molecule has 4 aliphatic carbocycles. The molecule has 3 N–H and O–H groups in total. The molecule has 1 unspecified atom stereocenters. The van der Waals surface area contributed by atoms with Gasteiger partial charge in [-0.25, -0.2) is 4.98 Å². The fourth-order valence-corrected chi connectivity index (χ4v) is 8.72. The molecule has 1 aliphatic heterocycles. The molecule has 41 heavy (non-hydrogen) atoms. The molecule has 1 aromatic heterocycles. The van der Waals surface area contributed by atoms with Crippen molar-refractivity contribution in [3.63, 3.8) is 0 Å². The van der Waals surface area contributed by atoms with E-state index in [0.717, 1.165) is 62.0 Å². The van der Waals surface area contributed by atoms with Gasteiger partial charge in [0.25, 0.3) is 0 Å². The predicted molar refractivity (Wildman–Crippen MR) is 162 cm³/mol. The van der Waals surface area contributed by atoms with Crippen molar-refractivity contribution >= 4 is 23.4 Å². The van der Waals surface area contributed by atoms with Gasteiger partial charge >= 0.3 is 0 Å². The van der Waals surface area contributed by atoms with Gasteiger partial charge in [-0.1, -0.05) is 29.8 Å². The summed E-state index contributed by atoms with van der Waals surface area (Å²) in [5, 5.41) is 21.4. The molecule has 5 fully saturated rings. The number of nitriles is 1. The van der Waals surface area contributed by atoms with Crippen LogP contribution in [0.15, 0.2) is 30.5 Å². The highest BCUT2D eigenvalue weighted by molar-refractivity contribution is 6.31. The Bertz CT molecular complexity index is 1210. The summed E-state index contributed by atoms with van der Waals surface area (Å²) in [6.45, 7) is 5.44. The van der Waals surface area contributed by atoms with Crippen LogP contribution < -0.4 is 16.0 Å². The van der Waals surface area contributed by atoms with E-state index in [0.29, 0.717) is 41.4 Å². The van der Waals surface area contributed by atoms with Crippen LogP contribution in [-0.2, 0) is 6.54 Å². The lowest BCUT2D eigenvalue weighted by molar-refractivity contribution is -0.0704. The number of hydrogen-bond acceptors (Lipinski definition) is 7. The number of piperidine rings is 1. The summed E-state index contributed by atoms with van der Waals surface area (Å²) in [7, 11) is 0. The summed E-state index contributed by atoms with van der Waals surface area (Å²) in [5.74, 6) is 4.15. The summed E-state index contributed by atoms with van der Waals surface area (Å²) in [6, 6.07) is 10.6. The van der Waals surface area contributed by atoms with Crippen LogP contribution >= 0.6 is 11.6 Å². The van der Waals surface area contributed by atoms with Crippen LogP contribution in [0.2, 0.25) is 5.02 Å². The summed E-state index contributed by atoms with van der Waals surface area (Å²) < 4.78 is 12.5. The molecule has 1 aromatic carbocycles. The molecule has 0 spiro atoms. The number of halogens is 2. The molecule has 9 heteroatoms. The monoisotopic (exact) mass is 579 g/mol. The van der Waals surface area contributed by atoms with E-state index in [1.165, 1.54) is 44.9 Å². The Morgan fingerprint density at radius 1 is 1.10 bits per heavy atom. The number of nitrogens with zero attached hydrogens (tertiary/aromatic N) is 4. The molecule has 4 saturated carbocycles. The lowest BCUT2D eigenvalue weighted by Crippen LogP contribution is -2.60. The Morgan fingerprint density at radius 2 is 1.88 bits per heavy atom. The van der Waals surface area contributed by atoms with Crippen LogP contribution in [0.1, 0.15) is 62.5 Å². The predicted octanol–water partition coefficient (Wildman–Crippen LogP) is 5.88. The second-order valence-corrected chi connectivity index (χ2v) is 13.5. The molecule has 4 bridgehead atoms. The van der Waals surface area contributed by atoms with E-state index in [9.17, 15) is 9.65 Å². The summed E-state index contributed by atoms with van der Waals surface area (Å²) >= 11 is 6.31. The Labute approximate surface area is 248 Å². The maximum absolute atomic E-state index is 12.5. The second kappa shape index (κ2) is 12.8. The number of likely N-dealkylation sites (tertiary alicyclic amines) is 1. The highest BCUT2D eigenvalue weighted by atomic mass is 35.5. The summed E-state index contributed by atoms with van der Waals surface area (Å²) in [4.78, 5) is 11.5. The molecule has 7 rings (SSSR count). The first-order valence-electron chi connectivity index (χ1n) is 15.5. The van der Waals surface area contributed by atoms with Crippen LogP contribution in [0, 0.1) is 40.4 Å². The van der Waals surface area contributed by atoms with E-state index in [1.807, 2.05) is 24.3 Å². The zero-order valence-electron chi connectivity index (χ0n) is 23.9. The standard InChI is InChI=1S/C32H43ClFN7/c33-28-5-2-1-4-24(28)19-37-31-38-20-27(17-35)30(40-31)39-21-32-14-23-12-25(15-32)29(26(13-23)16-32)36-18-22-6-10-41(11-7-22)9-3-8-34/h1-2,4-5,20,22-23,25-26,29,36H,3,6-16,18-19,21H2,(H2,37,38,39,40)/t23?,25-,26+,29-,32-. The van der Waals surface area contributed by atoms with Crippen molar-refractivity contribution in [2.24, 2.45) is 29.1 Å². The first-order chi connectivity index (χ1) is 20.0. The number of alkyl halides is 1. The van der Waals surface area contributed by atoms with Gasteiger partial charge in [-0.15, -0.1) is 0 Å². The smallest absolute Gasteiger partial charge is 0.224 e. The van der Waals surface area contributed by atoms with Gasteiger partial charge in [0.1, 0.15) is 17.5 Å². The van der Waals surface area contributed by atoms with Gasteiger partial charge in [-0.3, -0.25) is 4.39 Å². The van der Waals surface area contributed by atoms with Crippen molar-refractivity contribution in [3.05, 3.63) is 46.6 Å². The van der Waals surface area contributed by atoms with Crippen molar-refractivity contribution < 1.29 is 4.39 Å². The van der Waals surface area contributed by atoms with Gasteiger partial charge in [0, 0.05) is 30.7 Å². The largest absolute Gasteiger partial charge is 0.368 e. The third kappa shape index (κ3) is 6.63. The molecule has 2 aromatic rings. The van der Waals surface area contributed by atoms with Crippen LogP contribution in [0.3, 0.4) is 0 Å². The zero-order chi connectivity index (χ0) is 28.2. The van der Waals surface area contributed by atoms with Crippen molar-refractivity contribution in [2.45, 2.75) is 64.0 Å². The van der Waals surface area contributed by atoms with Gasteiger partial charge < -0.3 is 20.9 Å². The summed E-state index contributed by atoms with van der Waals surface area (Å²) in [5.41, 5.74) is 1.74. The lowest BCUT2D eigenvalue weighted by Gasteiger charge is -2.60. The molecule has 2 heterocycles.